The molecule has 2 aromatic rings. The molecule has 0 bridgehead atoms. The van der Waals surface area contributed by atoms with Crippen molar-refractivity contribution in [2.24, 2.45) is 0 Å². The highest BCUT2D eigenvalue weighted by Crippen LogP contribution is 2.30. The van der Waals surface area contributed by atoms with Crippen molar-refractivity contribution in [3.05, 3.63) is 34.2 Å². The molecule has 0 amide bonds. The summed E-state index contributed by atoms with van der Waals surface area (Å²) in [5.74, 6) is -0.472. The predicted octanol–water partition coefficient (Wildman–Crippen LogP) is 2.81. The highest BCUT2D eigenvalue weighted by Gasteiger charge is 2.19. The summed E-state index contributed by atoms with van der Waals surface area (Å²) >= 11 is 7.10. The van der Waals surface area contributed by atoms with Crippen LogP contribution in [-0.2, 0) is 11.3 Å². The zero-order valence-corrected chi connectivity index (χ0v) is 11.4. The van der Waals surface area contributed by atoms with Crippen molar-refractivity contribution < 1.29 is 13.9 Å². The molecule has 0 radical (unpaired) electrons. The first kappa shape index (κ1) is 12.9. The fourth-order valence-electron chi connectivity index (χ4n) is 1.40. The molecule has 96 valence electrons. The first-order chi connectivity index (χ1) is 8.61. The number of thiazole rings is 1. The van der Waals surface area contributed by atoms with Gasteiger partial charge in [0.2, 0.25) is 0 Å². The number of furan rings is 1. The largest absolute Gasteiger partial charge is 0.472 e. The molecule has 5 nitrogen and oxygen atoms in total. The predicted molar refractivity (Wildman–Crippen MR) is 69.3 cm³/mol. The maximum absolute atomic E-state index is 11.4. The van der Waals surface area contributed by atoms with Gasteiger partial charge < -0.3 is 14.1 Å². The van der Waals surface area contributed by atoms with Gasteiger partial charge in [0.1, 0.15) is 0 Å². The Labute approximate surface area is 113 Å². The average molecular weight is 287 g/mol. The van der Waals surface area contributed by atoms with E-state index >= 15 is 0 Å². The highest BCUT2D eigenvalue weighted by molar-refractivity contribution is 7.18. The smallest absolute Gasteiger partial charge is 0.351 e. The molecule has 0 aromatic carbocycles. The summed E-state index contributed by atoms with van der Waals surface area (Å²) < 4.78 is 9.62. The van der Waals surface area contributed by atoms with Gasteiger partial charge in [-0.2, -0.15) is 0 Å². The van der Waals surface area contributed by atoms with Crippen molar-refractivity contribution in [1.82, 2.24) is 4.98 Å². The van der Waals surface area contributed by atoms with Gasteiger partial charge >= 0.3 is 5.97 Å². The summed E-state index contributed by atoms with van der Waals surface area (Å²) in [5.41, 5.74) is 1.02. The maximum atomic E-state index is 11.4. The number of rotatable bonds is 4. The van der Waals surface area contributed by atoms with E-state index in [0.717, 1.165) is 5.56 Å². The van der Waals surface area contributed by atoms with Crippen LogP contribution >= 0.6 is 22.9 Å². The van der Waals surface area contributed by atoms with Crippen LogP contribution in [0, 0.1) is 0 Å². The molecule has 0 aliphatic heterocycles. The third-order valence-corrected chi connectivity index (χ3v) is 3.81. The van der Waals surface area contributed by atoms with Crippen LogP contribution in [0.25, 0.3) is 0 Å². The van der Waals surface area contributed by atoms with Gasteiger partial charge in [0.15, 0.2) is 15.2 Å². The van der Waals surface area contributed by atoms with Crippen LogP contribution in [0.15, 0.2) is 23.0 Å². The molecule has 18 heavy (non-hydrogen) atoms. The van der Waals surface area contributed by atoms with Gasteiger partial charge in [-0.15, -0.1) is 0 Å². The number of methoxy groups -OCH3 is 1. The molecule has 2 heterocycles. The van der Waals surface area contributed by atoms with Crippen molar-refractivity contribution in [3.63, 3.8) is 0 Å². The number of hydrogen-bond acceptors (Lipinski definition) is 6. The number of hydrogen-bond donors (Lipinski definition) is 0. The van der Waals surface area contributed by atoms with E-state index in [1.165, 1.54) is 18.4 Å². The molecule has 0 aliphatic carbocycles. The minimum atomic E-state index is -0.472. The number of halogens is 1. The van der Waals surface area contributed by atoms with E-state index in [2.05, 4.69) is 9.72 Å². The summed E-state index contributed by atoms with van der Waals surface area (Å²) in [7, 11) is 3.18. The van der Waals surface area contributed by atoms with Crippen LogP contribution in [0.4, 0.5) is 5.13 Å². The number of nitrogens with zero attached hydrogens (tertiary/aromatic N) is 2. The minimum absolute atomic E-state index is 0.167. The molecule has 0 saturated heterocycles. The monoisotopic (exact) mass is 286 g/mol. The number of anilines is 1. The molecule has 7 heteroatoms. The van der Waals surface area contributed by atoms with E-state index < -0.39 is 5.97 Å². The van der Waals surface area contributed by atoms with Crippen LogP contribution in [0.2, 0.25) is 5.15 Å². The molecule has 0 atom stereocenters. The van der Waals surface area contributed by atoms with Gasteiger partial charge in [-0.3, -0.25) is 0 Å². The minimum Gasteiger partial charge on any atom is -0.472 e. The van der Waals surface area contributed by atoms with Crippen LogP contribution in [0.1, 0.15) is 15.2 Å². The molecular formula is C11H11ClN2O3S. The van der Waals surface area contributed by atoms with E-state index in [9.17, 15) is 4.79 Å². The third-order valence-electron chi connectivity index (χ3n) is 2.27. The second-order valence-corrected chi connectivity index (χ2v) is 4.93. The molecule has 0 aliphatic rings. The Morgan fingerprint density at radius 3 is 3.06 bits per heavy atom. The van der Waals surface area contributed by atoms with E-state index in [0.29, 0.717) is 16.6 Å². The van der Waals surface area contributed by atoms with Crippen molar-refractivity contribution in [2.75, 3.05) is 19.1 Å². The average Bonchev–Trinajstić information content (AvgIpc) is 2.97. The van der Waals surface area contributed by atoms with Gasteiger partial charge in [-0.25, -0.2) is 9.78 Å². The second kappa shape index (κ2) is 5.41. The normalized spacial score (nSPS) is 10.4. The van der Waals surface area contributed by atoms with Gasteiger partial charge in [0, 0.05) is 19.2 Å². The third kappa shape index (κ3) is 2.65. The van der Waals surface area contributed by atoms with Crippen LogP contribution in [0.3, 0.4) is 0 Å². The molecular weight excluding hydrogens is 276 g/mol. The van der Waals surface area contributed by atoms with Crippen molar-refractivity contribution in [1.29, 1.82) is 0 Å². The maximum Gasteiger partial charge on any atom is 0.351 e. The van der Waals surface area contributed by atoms with E-state index in [1.807, 2.05) is 18.0 Å². The standard InChI is InChI=1S/C11H11ClN2O3S/c1-14(5-7-3-4-17-6-7)11-13-9(12)8(18-11)10(15)16-2/h3-4,6H,5H2,1-2H3. The van der Waals surface area contributed by atoms with Crippen molar-refractivity contribution in [3.8, 4) is 0 Å². The molecule has 0 spiro atoms. The van der Waals surface area contributed by atoms with Crippen molar-refractivity contribution in [2.45, 2.75) is 6.54 Å². The fourth-order valence-corrected chi connectivity index (χ4v) is 2.56. The number of esters is 1. The zero-order valence-electron chi connectivity index (χ0n) is 9.84. The molecule has 0 fully saturated rings. The topological polar surface area (TPSA) is 55.6 Å². The Balaban J connectivity index is 2.16. The quantitative estimate of drug-likeness (QED) is 0.809. The molecule has 0 unspecified atom stereocenters. The Kier molecular flexibility index (Phi) is 3.88. The Morgan fingerprint density at radius 1 is 1.67 bits per heavy atom. The highest BCUT2D eigenvalue weighted by atomic mass is 35.5. The molecule has 2 aromatic heterocycles. The first-order valence-corrected chi connectivity index (χ1v) is 6.28. The van der Waals surface area contributed by atoms with Crippen molar-refractivity contribution >= 4 is 34.0 Å². The van der Waals surface area contributed by atoms with E-state index in [4.69, 9.17) is 16.0 Å². The summed E-state index contributed by atoms with van der Waals surface area (Å²) in [6.07, 6.45) is 3.27. The Bertz CT molecular complexity index is 538. The molecule has 2 rings (SSSR count). The summed E-state index contributed by atoms with van der Waals surface area (Å²) in [4.78, 5) is 17.8. The number of aromatic nitrogens is 1. The Morgan fingerprint density at radius 2 is 2.44 bits per heavy atom. The molecule has 0 N–H and O–H groups in total. The first-order valence-electron chi connectivity index (χ1n) is 5.08. The summed E-state index contributed by atoms with van der Waals surface area (Å²) in [5, 5.41) is 0.822. The second-order valence-electron chi connectivity index (χ2n) is 3.60. The van der Waals surface area contributed by atoms with Crippen LogP contribution < -0.4 is 4.90 Å². The summed E-state index contributed by atoms with van der Waals surface area (Å²) in [6.45, 7) is 0.626. The van der Waals surface area contributed by atoms with Crippen LogP contribution in [0.5, 0.6) is 0 Å². The van der Waals surface area contributed by atoms with Gasteiger partial charge in [-0.05, 0) is 6.07 Å². The lowest BCUT2D eigenvalue weighted by Crippen LogP contribution is -2.15. The number of ether oxygens (including phenoxy) is 1. The number of carbonyl (C=O) groups is 1. The van der Waals surface area contributed by atoms with Gasteiger partial charge in [-0.1, -0.05) is 22.9 Å². The fraction of sp³-hybridized carbons (Fsp3) is 0.273. The lowest BCUT2D eigenvalue weighted by atomic mass is 10.3. The number of carbonyl (C=O) groups excluding carboxylic acids is 1. The molecule has 0 saturated carbocycles. The lowest BCUT2D eigenvalue weighted by molar-refractivity contribution is 0.0606. The van der Waals surface area contributed by atoms with E-state index in [-0.39, 0.29) is 5.15 Å². The van der Waals surface area contributed by atoms with Crippen LogP contribution in [-0.4, -0.2) is 25.1 Å². The van der Waals surface area contributed by atoms with Gasteiger partial charge in [0.05, 0.1) is 19.6 Å². The van der Waals surface area contributed by atoms with E-state index in [1.54, 1.807) is 12.5 Å². The van der Waals surface area contributed by atoms with Gasteiger partial charge in [0.25, 0.3) is 0 Å². The SMILES string of the molecule is COC(=O)c1sc(N(C)Cc2ccoc2)nc1Cl. The Hall–Kier alpha value is -1.53. The lowest BCUT2D eigenvalue weighted by Gasteiger charge is -2.13. The summed E-state index contributed by atoms with van der Waals surface area (Å²) in [6, 6.07) is 1.87. The zero-order chi connectivity index (χ0) is 13.1.